The van der Waals surface area contributed by atoms with Crippen LogP contribution in [0.5, 0.6) is 0 Å². The van der Waals surface area contributed by atoms with Crippen molar-refractivity contribution in [3.8, 4) is 0 Å². The molecule has 4 aliphatic rings. The smallest absolute Gasteiger partial charge is 0.367 e. The number of aliphatic carboxylic acids is 1. The van der Waals surface area contributed by atoms with Crippen LogP contribution in [-0.2, 0) is 47.5 Å². The summed E-state index contributed by atoms with van der Waals surface area (Å²) >= 11 is 0. The molecule has 18 unspecified atom stereocenters. The van der Waals surface area contributed by atoms with Crippen LogP contribution < -0.4 is 0 Å². The highest BCUT2D eigenvalue weighted by Crippen LogP contribution is 2.37. The van der Waals surface area contributed by atoms with Gasteiger partial charge in [0.05, 0.1) is 32.0 Å². The van der Waals surface area contributed by atoms with Gasteiger partial charge >= 0.3 is 11.9 Å². The third kappa shape index (κ3) is 8.54. The Morgan fingerprint density at radius 1 is 0.680 bits per heavy atom. The fourth-order valence-corrected chi connectivity index (χ4v) is 6.26. The molecular formula is C28H46O22. The SMILES string of the molecule is CC(=O)OC1C(OC2C(O)CCC(OC3C(O)C(CO)OC(OC4C(CCO)OC(O)(C(=O)O)C4O)C3O)OC2CO)OC(CO)C(O)C1O. The molecule has 0 saturated carbocycles. The number of hydrogen-bond donors (Lipinski definition) is 12. The van der Waals surface area contributed by atoms with Crippen molar-refractivity contribution in [2.24, 2.45) is 0 Å². The minimum atomic E-state index is -3.15. The van der Waals surface area contributed by atoms with Gasteiger partial charge in [-0.1, -0.05) is 0 Å². The zero-order valence-corrected chi connectivity index (χ0v) is 26.7. The molecule has 290 valence electrons. The third-order valence-corrected chi connectivity index (χ3v) is 8.92. The molecule has 0 aromatic carbocycles. The molecule has 0 aromatic rings. The lowest BCUT2D eigenvalue weighted by atomic mass is 9.98. The molecule has 22 nitrogen and oxygen atoms in total. The van der Waals surface area contributed by atoms with Crippen molar-refractivity contribution in [1.82, 2.24) is 0 Å². The first-order valence-corrected chi connectivity index (χ1v) is 15.9. The van der Waals surface area contributed by atoms with E-state index in [1.165, 1.54) is 0 Å². The van der Waals surface area contributed by atoms with E-state index in [-0.39, 0.29) is 19.3 Å². The van der Waals surface area contributed by atoms with Gasteiger partial charge in [-0.3, -0.25) is 4.79 Å². The average molecular weight is 735 g/mol. The first-order chi connectivity index (χ1) is 23.6. The van der Waals surface area contributed by atoms with Crippen molar-refractivity contribution < 1.29 is 109 Å². The van der Waals surface area contributed by atoms with Crippen LogP contribution >= 0.6 is 0 Å². The number of aliphatic hydroxyl groups excluding tert-OH is 10. The first kappa shape index (κ1) is 41.0. The van der Waals surface area contributed by atoms with Crippen molar-refractivity contribution >= 4 is 11.9 Å². The van der Waals surface area contributed by atoms with E-state index in [9.17, 15) is 70.9 Å². The maximum atomic E-state index is 11.7. The summed E-state index contributed by atoms with van der Waals surface area (Å²) in [7, 11) is 0. The molecule has 0 bridgehead atoms. The third-order valence-electron chi connectivity index (χ3n) is 8.92. The average Bonchev–Trinajstić information content (AvgIpc) is 3.21. The van der Waals surface area contributed by atoms with Gasteiger partial charge in [0.2, 0.25) is 0 Å². The van der Waals surface area contributed by atoms with Crippen LogP contribution in [0.3, 0.4) is 0 Å². The Balaban J connectivity index is 1.51. The number of hydrogen-bond acceptors (Lipinski definition) is 21. The summed E-state index contributed by atoms with van der Waals surface area (Å²) in [6, 6.07) is 0. The van der Waals surface area contributed by atoms with Crippen molar-refractivity contribution in [2.75, 3.05) is 26.4 Å². The van der Waals surface area contributed by atoms with Gasteiger partial charge in [-0.2, -0.15) is 0 Å². The van der Waals surface area contributed by atoms with E-state index in [0.717, 1.165) is 6.92 Å². The Hall–Kier alpha value is -1.78. The molecular weight excluding hydrogens is 688 g/mol. The van der Waals surface area contributed by atoms with E-state index in [2.05, 4.69) is 0 Å². The standard InChI is InChI=1S/C28H46O22/c1-9(33)43-23-18(37)16(35)12(6-30)46-26(23)48-20-10(34)2-3-15(44-14(20)8-32)47-22-17(36)13(7-31)45-25(19(22)38)49-21-11(4-5-29)50-28(42,24(21)39)27(40)41/h10-26,29-32,34-39,42H,2-8H2,1H3,(H,40,41). The van der Waals surface area contributed by atoms with E-state index in [4.69, 9.17) is 37.9 Å². The van der Waals surface area contributed by atoms with Crippen LogP contribution in [-0.4, -0.2) is 210 Å². The van der Waals surface area contributed by atoms with Crippen LogP contribution in [0.25, 0.3) is 0 Å². The van der Waals surface area contributed by atoms with Gasteiger partial charge < -0.3 is 99.2 Å². The topological polar surface area (TPSA) is 351 Å². The van der Waals surface area contributed by atoms with Crippen LogP contribution in [0.2, 0.25) is 0 Å². The van der Waals surface area contributed by atoms with Crippen LogP contribution in [0.4, 0.5) is 0 Å². The van der Waals surface area contributed by atoms with Crippen molar-refractivity contribution in [1.29, 1.82) is 0 Å². The van der Waals surface area contributed by atoms with Crippen LogP contribution in [0.1, 0.15) is 26.2 Å². The van der Waals surface area contributed by atoms with Crippen molar-refractivity contribution in [3.63, 3.8) is 0 Å². The van der Waals surface area contributed by atoms with Gasteiger partial charge in [0.25, 0.3) is 5.79 Å². The molecule has 12 N–H and O–H groups in total. The Labute approximate surface area is 283 Å². The molecule has 0 radical (unpaired) electrons. The fraction of sp³-hybridized carbons (Fsp3) is 0.929. The number of carboxylic acid groups (broad SMARTS) is 1. The number of esters is 1. The second kappa shape index (κ2) is 17.4. The summed E-state index contributed by atoms with van der Waals surface area (Å²) in [5.41, 5.74) is 0. The number of rotatable bonds is 13. The van der Waals surface area contributed by atoms with E-state index in [0.29, 0.717) is 0 Å². The summed E-state index contributed by atoms with van der Waals surface area (Å²) in [5.74, 6) is -6.01. The Morgan fingerprint density at radius 3 is 1.86 bits per heavy atom. The Kier molecular flexibility index (Phi) is 14.2. The maximum absolute atomic E-state index is 11.7. The lowest BCUT2D eigenvalue weighted by molar-refractivity contribution is -0.348. The molecule has 22 heteroatoms. The molecule has 4 aliphatic heterocycles. The van der Waals surface area contributed by atoms with Gasteiger partial charge in [-0.05, 0) is 12.8 Å². The highest BCUT2D eigenvalue weighted by atomic mass is 16.8. The zero-order chi connectivity index (χ0) is 37.1. The molecule has 0 amide bonds. The quantitative estimate of drug-likeness (QED) is 0.0782. The van der Waals surface area contributed by atoms with E-state index >= 15 is 0 Å². The number of aliphatic hydroxyl groups is 11. The van der Waals surface area contributed by atoms with Gasteiger partial charge in [-0.25, -0.2) is 4.79 Å². The van der Waals surface area contributed by atoms with E-state index in [1.807, 2.05) is 0 Å². The normalized spacial score (nSPS) is 47.1. The largest absolute Gasteiger partial charge is 0.477 e. The molecule has 4 rings (SSSR count). The predicted octanol–water partition coefficient (Wildman–Crippen LogP) is -7.27. The van der Waals surface area contributed by atoms with Gasteiger partial charge in [-0.15, -0.1) is 0 Å². The number of ether oxygens (including phenoxy) is 8. The minimum absolute atomic E-state index is 0.178. The minimum Gasteiger partial charge on any atom is -0.477 e. The van der Waals surface area contributed by atoms with Gasteiger partial charge in [0, 0.05) is 20.0 Å². The number of carbonyl (C=O) groups excluding carboxylic acids is 1. The second-order valence-corrected chi connectivity index (χ2v) is 12.3. The molecule has 4 heterocycles. The molecule has 18 atom stereocenters. The molecule has 4 saturated heterocycles. The van der Waals surface area contributed by atoms with Crippen LogP contribution in [0.15, 0.2) is 0 Å². The first-order valence-electron chi connectivity index (χ1n) is 15.9. The number of carbonyl (C=O) groups is 2. The fourth-order valence-electron chi connectivity index (χ4n) is 6.26. The summed E-state index contributed by atoms with van der Waals surface area (Å²) in [6.45, 7) is -2.06. The highest BCUT2D eigenvalue weighted by Gasteiger charge is 2.61. The maximum Gasteiger partial charge on any atom is 0.367 e. The monoisotopic (exact) mass is 734 g/mol. The number of carboxylic acids is 1. The summed E-state index contributed by atoms with van der Waals surface area (Å²) in [5, 5.41) is 123. The Bertz CT molecular complexity index is 1120. The molecule has 50 heavy (non-hydrogen) atoms. The Morgan fingerprint density at radius 2 is 1.28 bits per heavy atom. The predicted molar refractivity (Wildman–Crippen MR) is 152 cm³/mol. The van der Waals surface area contributed by atoms with E-state index < -0.39 is 148 Å². The van der Waals surface area contributed by atoms with Crippen molar-refractivity contribution in [2.45, 2.75) is 136 Å². The van der Waals surface area contributed by atoms with Gasteiger partial charge in [0.15, 0.2) is 25.0 Å². The molecule has 0 aliphatic carbocycles. The summed E-state index contributed by atoms with van der Waals surface area (Å²) in [4.78, 5) is 23.3. The van der Waals surface area contributed by atoms with Gasteiger partial charge in [0.1, 0.15) is 67.1 Å². The molecule has 0 spiro atoms. The second-order valence-electron chi connectivity index (χ2n) is 12.3. The van der Waals surface area contributed by atoms with Crippen molar-refractivity contribution in [3.05, 3.63) is 0 Å². The van der Waals surface area contributed by atoms with Crippen LogP contribution in [0, 0.1) is 0 Å². The summed E-state index contributed by atoms with van der Waals surface area (Å²) < 4.78 is 44.1. The lowest BCUT2D eigenvalue weighted by Gasteiger charge is -2.44. The molecule has 0 aromatic heterocycles. The summed E-state index contributed by atoms with van der Waals surface area (Å²) in [6.07, 6.45) is -28.9. The lowest BCUT2D eigenvalue weighted by Crippen LogP contribution is -2.62. The zero-order valence-electron chi connectivity index (χ0n) is 26.7. The molecule has 4 fully saturated rings. The van der Waals surface area contributed by atoms with E-state index in [1.54, 1.807) is 0 Å². The highest BCUT2D eigenvalue weighted by molar-refractivity contribution is 5.76.